The van der Waals surface area contributed by atoms with Crippen LogP contribution in [0.5, 0.6) is 0 Å². The first-order chi connectivity index (χ1) is 7.49. The summed E-state index contributed by atoms with van der Waals surface area (Å²) in [6.07, 6.45) is 1.51. The largest absolute Gasteiger partial charge is 0.480 e. The third kappa shape index (κ3) is 3.06. The predicted molar refractivity (Wildman–Crippen MR) is 66.8 cm³/mol. The molecule has 0 aliphatic rings. The number of aryl methyl sites for hydroxylation is 1. The zero-order chi connectivity index (χ0) is 12.2. The number of rotatable bonds is 6. The van der Waals surface area contributed by atoms with Gasteiger partial charge in [0.15, 0.2) is 0 Å². The molecule has 0 fully saturated rings. The topological polar surface area (TPSA) is 49.3 Å². The van der Waals surface area contributed by atoms with Crippen molar-refractivity contribution in [3.8, 4) is 0 Å². The summed E-state index contributed by atoms with van der Waals surface area (Å²) in [5, 5.41) is 14.4. The van der Waals surface area contributed by atoms with E-state index < -0.39 is 11.5 Å². The molecule has 16 heavy (non-hydrogen) atoms. The van der Waals surface area contributed by atoms with Crippen LogP contribution in [0, 0.1) is 6.92 Å². The maximum absolute atomic E-state index is 11.2. The van der Waals surface area contributed by atoms with Gasteiger partial charge >= 0.3 is 5.97 Å². The number of thiophene rings is 1. The standard InChI is InChI=1S/C12H19NO2S/c1-4-6-12(3,11(14)15)13-8-10-9(2)5-7-16-10/h5,7,13H,4,6,8H2,1-3H3,(H,14,15). The number of carboxylic acid groups (broad SMARTS) is 1. The highest BCUT2D eigenvalue weighted by molar-refractivity contribution is 7.10. The van der Waals surface area contributed by atoms with Crippen molar-refractivity contribution >= 4 is 17.3 Å². The van der Waals surface area contributed by atoms with Gasteiger partial charge in [0.25, 0.3) is 0 Å². The molecule has 0 saturated heterocycles. The van der Waals surface area contributed by atoms with E-state index in [1.807, 2.05) is 19.2 Å². The fourth-order valence-electron chi connectivity index (χ4n) is 1.63. The Balaban J connectivity index is 2.64. The van der Waals surface area contributed by atoms with E-state index in [4.69, 9.17) is 0 Å². The van der Waals surface area contributed by atoms with Crippen LogP contribution < -0.4 is 5.32 Å². The van der Waals surface area contributed by atoms with Gasteiger partial charge in [-0.1, -0.05) is 13.3 Å². The molecule has 0 radical (unpaired) electrons. The lowest BCUT2D eigenvalue weighted by Crippen LogP contribution is -2.48. The SMILES string of the molecule is CCCC(C)(NCc1sccc1C)C(=O)O. The van der Waals surface area contributed by atoms with Crippen molar-refractivity contribution in [2.45, 2.75) is 45.7 Å². The number of carboxylic acids is 1. The molecule has 1 aromatic heterocycles. The van der Waals surface area contributed by atoms with Gasteiger partial charge in [-0.3, -0.25) is 10.1 Å². The van der Waals surface area contributed by atoms with Gasteiger partial charge in [-0.05, 0) is 37.3 Å². The van der Waals surface area contributed by atoms with Gasteiger partial charge in [0.1, 0.15) is 5.54 Å². The molecular weight excluding hydrogens is 222 g/mol. The Bertz CT molecular complexity index is 362. The molecule has 4 heteroatoms. The van der Waals surface area contributed by atoms with Crippen LogP contribution in [-0.4, -0.2) is 16.6 Å². The van der Waals surface area contributed by atoms with Crippen LogP contribution in [0.1, 0.15) is 37.1 Å². The van der Waals surface area contributed by atoms with E-state index >= 15 is 0 Å². The quantitative estimate of drug-likeness (QED) is 0.805. The number of nitrogens with one attached hydrogen (secondary N) is 1. The summed E-state index contributed by atoms with van der Waals surface area (Å²) in [6, 6.07) is 2.06. The van der Waals surface area contributed by atoms with Gasteiger partial charge in [-0.25, -0.2) is 0 Å². The van der Waals surface area contributed by atoms with Crippen molar-refractivity contribution in [2.75, 3.05) is 0 Å². The summed E-state index contributed by atoms with van der Waals surface area (Å²) in [4.78, 5) is 12.4. The molecule has 90 valence electrons. The van der Waals surface area contributed by atoms with Crippen LogP contribution in [0.2, 0.25) is 0 Å². The molecule has 0 aromatic carbocycles. The molecule has 1 aromatic rings. The minimum atomic E-state index is -0.814. The maximum atomic E-state index is 11.2. The van der Waals surface area contributed by atoms with E-state index in [1.165, 1.54) is 10.4 Å². The van der Waals surface area contributed by atoms with E-state index in [2.05, 4.69) is 11.4 Å². The summed E-state index contributed by atoms with van der Waals surface area (Å²) in [7, 11) is 0. The third-order valence-electron chi connectivity index (χ3n) is 2.83. The number of carbonyl (C=O) groups is 1. The molecule has 0 aliphatic carbocycles. The highest BCUT2D eigenvalue weighted by atomic mass is 32.1. The summed E-state index contributed by atoms with van der Waals surface area (Å²) in [5.74, 6) is -0.774. The smallest absolute Gasteiger partial charge is 0.323 e. The molecule has 0 spiro atoms. The van der Waals surface area contributed by atoms with Gasteiger partial charge < -0.3 is 5.11 Å². The third-order valence-corrected chi connectivity index (χ3v) is 3.85. The zero-order valence-corrected chi connectivity index (χ0v) is 10.9. The van der Waals surface area contributed by atoms with Crippen LogP contribution in [0.25, 0.3) is 0 Å². The average molecular weight is 241 g/mol. The second kappa shape index (κ2) is 5.46. The first-order valence-corrected chi connectivity index (χ1v) is 6.39. The van der Waals surface area contributed by atoms with Crippen LogP contribution in [0.4, 0.5) is 0 Å². The summed E-state index contributed by atoms with van der Waals surface area (Å²) < 4.78 is 0. The van der Waals surface area contributed by atoms with Crippen molar-refractivity contribution in [1.82, 2.24) is 5.32 Å². The zero-order valence-electron chi connectivity index (χ0n) is 10.0. The molecule has 2 N–H and O–H groups in total. The Kier molecular flexibility index (Phi) is 4.50. The van der Waals surface area contributed by atoms with Gasteiger partial charge in [-0.2, -0.15) is 0 Å². The maximum Gasteiger partial charge on any atom is 0.323 e. The van der Waals surface area contributed by atoms with Crippen LogP contribution in [-0.2, 0) is 11.3 Å². The minimum Gasteiger partial charge on any atom is -0.480 e. The number of hydrogen-bond acceptors (Lipinski definition) is 3. The molecule has 1 rings (SSSR count). The Hall–Kier alpha value is -0.870. The Morgan fingerprint density at radius 1 is 1.62 bits per heavy atom. The van der Waals surface area contributed by atoms with E-state index in [9.17, 15) is 9.90 Å². The molecule has 1 atom stereocenters. The fourth-order valence-corrected chi connectivity index (χ4v) is 2.48. The first-order valence-electron chi connectivity index (χ1n) is 5.51. The molecule has 0 bridgehead atoms. The second-order valence-electron chi connectivity index (χ2n) is 4.27. The molecular formula is C12H19NO2S. The van der Waals surface area contributed by atoms with E-state index in [1.54, 1.807) is 18.3 Å². The van der Waals surface area contributed by atoms with Crippen molar-refractivity contribution in [3.63, 3.8) is 0 Å². The first kappa shape index (κ1) is 13.2. The molecule has 0 aliphatic heterocycles. The van der Waals surface area contributed by atoms with Crippen LogP contribution >= 0.6 is 11.3 Å². The molecule has 0 saturated carbocycles. The van der Waals surface area contributed by atoms with E-state index in [0.717, 1.165) is 6.42 Å². The Labute approximate surface area is 100 Å². The fraction of sp³-hybridized carbons (Fsp3) is 0.583. The van der Waals surface area contributed by atoms with E-state index in [0.29, 0.717) is 13.0 Å². The normalized spacial score (nSPS) is 14.7. The van der Waals surface area contributed by atoms with Crippen molar-refractivity contribution in [2.24, 2.45) is 0 Å². The molecule has 1 heterocycles. The van der Waals surface area contributed by atoms with Gasteiger partial charge in [-0.15, -0.1) is 11.3 Å². The number of aliphatic carboxylic acids is 1. The second-order valence-corrected chi connectivity index (χ2v) is 5.27. The Morgan fingerprint density at radius 2 is 2.31 bits per heavy atom. The van der Waals surface area contributed by atoms with Crippen molar-refractivity contribution in [1.29, 1.82) is 0 Å². The van der Waals surface area contributed by atoms with Crippen LogP contribution in [0.3, 0.4) is 0 Å². The minimum absolute atomic E-state index is 0.631. The van der Waals surface area contributed by atoms with Crippen LogP contribution in [0.15, 0.2) is 11.4 Å². The lowest BCUT2D eigenvalue weighted by Gasteiger charge is -2.25. The molecule has 1 unspecified atom stereocenters. The van der Waals surface area contributed by atoms with Gasteiger partial charge in [0.2, 0.25) is 0 Å². The molecule has 3 nitrogen and oxygen atoms in total. The molecule has 0 amide bonds. The van der Waals surface area contributed by atoms with Gasteiger partial charge in [0.05, 0.1) is 0 Å². The van der Waals surface area contributed by atoms with Crippen molar-refractivity contribution in [3.05, 3.63) is 21.9 Å². The predicted octanol–water partition coefficient (Wildman–Crippen LogP) is 2.79. The van der Waals surface area contributed by atoms with Crippen molar-refractivity contribution < 1.29 is 9.90 Å². The average Bonchev–Trinajstić information content (AvgIpc) is 2.61. The van der Waals surface area contributed by atoms with Gasteiger partial charge in [0, 0.05) is 11.4 Å². The highest BCUT2D eigenvalue weighted by Crippen LogP contribution is 2.18. The monoisotopic (exact) mass is 241 g/mol. The summed E-state index contributed by atoms with van der Waals surface area (Å²) >= 11 is 1.66. The summed E-state index contributed by atoms with van der Waals surface area (Å²) in [5.41, 5.74) is 0.410. The number of hydrogen-bond donors (Lipinski definition) is 2. The lowest BCUT2D eigenvalue weighted by atomic mass is 9.96. The lowest BCUT2D eigenvalue weighted by molar-refractivity contribution is -0.144. The van der Waals surface area contributed by atoms with E-state index in [-0.39, 0.29) is 0 Å². The summed E-state index contributed by atoms with van der Waals surface area (Å²) in [6.45, 7) is 6.43. The Morgan fingerprint density at radius 3 is 2.75 bits per heavy atom. The highest BCUT2D eigenvalue weighted by Gasteiger charge is 2.31.